The Morgan fingerprint density at radius 2 is 1.79 bits per heavy atom. The molecule has 5 nitrogen and oxygen atoms in total. The van der Waals surface area contributed by atoms with E-state index in [0.717, 1.165) is 35.5 Å². The third-order valence-electron chi connectivity index (χ3n) is 5.32. The van der Waals surface area contributed by atoms with Crippen LogP contribution in [0.4, 0.5) is 0 Å². The summed E-state index contributed by atoms with van der Waals surface area (Å²) in [6.45, 7) is 4.00. The Kier molecular flexibility index (Phi) is 5.74. The number of ether oxygens (including phenoxy) is 1. The molecule has 29 heavy (non-hydrogen) atoms. The van der Waals surface area contributed by atoms with Crippen LogP contribution < -0.4 is 10.3 Å². The molecule has 1 aromatic heterocycles. The van der Waals surface area contributed by atoms with Crippen LogP contribution >= 0.6 is 0 Å². The fourth-order valence-electron chi connectivity index (χ4n) is 3.91. The van der Waals surface area contributed by atoms with Gasteiger partial charge in [-0.05, 0) is 68.7 Å². The van der Waals surface area contributed by atoms with E-state index in [2.05, 4.69) is 5.10 Å². The van der Waals surface area contributed by atoms with Crippen LogP contribution in [0.25, 0.3) is 10.9 Å². The molecule has 1 aliphatic carbocycles. The van der Waals surface area contributed by atoms with Gasteiger partial charge in [0.25, 0.3) is 5.56 Å². The smallest absolute Gasteiger partial charge is 0.282 e. The molecule has 2 aromatic carbocycles. The largest absolute Gasteiger partial charge is 0.491 e. The summed E-state index contributed by atoms with van der Waals surface area (Å²) in [5.74, 6) is 1.88. The molecular weight excluding hydrogens is 362 g/mol. The Bertz CT molecular complexity index is 1060. The molecular formula is C24H27N3O2. The van der Waals surface area contributed by atoms with Gasteiger partial charge in [-0.2, -0.15) is 9.78 Å². The number of aromatic nitrogens is 2. The molecule has 3 aromatic rings. The van der Waals surface area contributed by atoms with Crippen LogP contribution in [0.1, 0.15) is 63.3 Å². The molecule has 0 spiro atoms. The van der Waals surface area contributed by atoms with E-state index >= 15 is 0 Å². The zero-order valence-electron chi connectivity index (χ0n) is 17.0. The molecule has 0 unspecified atom stereocenters. The number of fused-ring (bicyclic) bond motifs is 1. The van der Waals surface area contributed by atoms with Gasteiger partial charge in [0, 0.05) is 5.92 Å². The van der Waals surface area contributed by atoms with Crippen molar-refractivity contribution in [1.82, 2.24) is 9.66 Å². The number of rotatable bonds is 5. The fraction of sp³-hybridized carbons (Fsp3) is 0.375. The van der Waals surface area contributed by atoms with E-state index in [-0.39, 0.29) is 17.6 Å². The minimum atomic E-state index is -0.104. The van der Waals surface area contributed by atoms with E-state index in [0.29, 0.717) is 5.39 Å². The summed E-state index contributed by atoms with van der Waals surface area (Å²) >= 11 is 0. The maximum absolute atomic E-state index is 13.2. The Hall–Kier alpha value is -2.95. The summed E-state index contributed by atoms with van der Waals surface area (Å²) in [5, 5.41) is 5.17. The number of benzene rings is 2. The first kappa shape index (κ1) is 19.4. The van der Waals surface area contributed by atoms with Crippen LogP contribution in [0.3, 0.4) is 0 Å². The van der Waals surface area contributed by atoms with E-state index in [4.69, 9.17) is 9.72 Å². The number of hydrogen-bond acceptors (Lipinski definition) is 4. The lowest BCUT2D eigenvalue weighted by Gasteiger charge is -2.22. The van der Waals surface area contributed by atoms with Crippen molar-refractivity contribution < 1.29 is 4.74 Å². The van der Waals surface area contributed by atoms with Gasteiger partial charge in [-0.1, -0.05) is 31.4 Å². The van der Waals surface area contributed by atoms with Crippen molar-refractivity contribution in [2.24, 2.45) is 5.10 Å². The molecule has 4 rings (SSSR count). The van der Waals surface area contributed by atoms with Crippen molar-refractivity contribution in [3.63, 3.8) is 0 Å². The van der Waals surface area contributed by atoms with Crippen molar-refractivity contribution in [1.29, 1.82) is 0 Å². The topological polar surface area (TPSA) is 56.5 Å². The second-order valence-electron chi connectivity index (χ2n) is 7.92. The van der Waals surface area contributed by atoms with Gasteiger partial charge in [0.2, 0.25) is 0 Å². The Balaban J connectivity index is 1.72. The number of para-hydroxylation sites is 1. The number of hydrogen-bond donors (Lipinski definition) is 0. The molecule has 0 amide bonds. The summed E-state index contributed by atoms with van der Waals surface area (Å²) in [6.07, 6.45) is 7.58. The molecule has 0 atom stereocenters. The average molecular weight is 389 g/mol. The van der Waals surface area contributed by atoms with Gasteiger partial charge in [0.05, 0.1) is 23.2 Å². The molecule has 0 aliphatic heterocycles. The lowest BCUT2D eigenvalue weighted by molar-refractivity contribution is 0.242. The third-order valence-corrected chi connectivity index (χ3v) is 5.32. The van der Waals surface area contributed by atoms with Gasteiger partial charge in [-0.25, -0.2) is 4.98 Å². The van der Waals surface area contributed by atoms with Crippen LogP contribution in [0, 0.1) is 0 Å². The predicted octanol–water partition coefficient (Wildman–Crippen LogP) is 5.11. The quantitative estimate of drug-likeness (QED) is 0.570. The van der Waals surface area contributed by atoms with Crippen molar-refractivity contribution >= 4 is 17.1 Å². The van der Waals surface area contributed by atoms with Gasteiger partial charge in [0.1, 0.15) is 11.6 Å². The van der Waals surface area contributed by atoms with Gasteiger partial charge >= 0.3 is 0 Å². The van der Waals surface area contributed by atoms with Crippen LogP contribution in [-0.2, 0) is 0 Å². The molecule has 0 saturated heterocycles. The summed E-state index contributed by atoms with van der Waals surface area (Å²) in [5.41, 5.74) is 1.56. The van der Waals surface area contributed by atoms with Gasteiger partial charge in [-0.15, -0.1) is 0 Å². The molecule has 0 N–H and O–H groups in total. The van der Waals surface area contributed by atoms with Gasteiger partial charge in [0.15, 0.2) is 0 Å². The standard InChI is InChI=1S/C24H27N3O2/c1-17(2)29-20-14-12-18(13-15-20)16-25-27-23(19-8-4-3-5-9-19)26-22-11-7-6-10-21(22)24(27)28/h6-7,10-17,19H,3-5,8-9H2,1-2H3. The zero-order chi connectivity index (χ0) is 20.2. The summed E-state index contributed by atoms with van der Waals surface area (Å²) in [6, 6.07) is 15.3. The molecule has 1 aliphatic rings. The normalized spacial score (nSPS) is 15.4. The van der Waals surface area contributed by atoms with Crippen molar-refractivity contribution in [2.45, 2.75) is 58.0 Å². The first-order valence-electron chi connectivity index (χ1n) is 10.4. The van der Waals surface area contributed by atoms with E-state index < -0.39 is 0 Å². The summed E-state index contributed by atoms with van der Waals surface area (Å²) in [7, 11) is 0. The molecule has 0 bridgehead atoms. The minimum absolute atomic E-state index is 0.104. The lowest BCUT2D eigenvalue weighted by atomic mass is 9.88. The second kappa shape index (κ2) is 8.60. The van der Waals surface area contributed by atoms with E-state index in [1.807, 2.05) is 62.4 Å². The molecule has 1 fully saturated rings. The lowest BCUT2D eigenvalue weighted by Crippen LogP contribution is -2.25. The molecule has 0 radical (unpaired) electrons. The van der Waals surface area contributed by atoms with E-state index in [9.17, 15) is 4.79 Å². The van der Waals surface area contributed by atoms with Crippen molar-refractivity contribution in [3.8, 4) is 5.75 Å². The van der Waals surface area contributed by atoms with Crippen LogP contribution in [0.15, 0.2) is 58.4 Å². The van der Waals surface area contributed by atoms with E-state index in [1.165, 1.54) is 23.9 Å². The highest BCUT2D eigenvalue weighted by atomic mass is 16.5. The molecule has 1 saturated carbocycles. The Labute approximate surface area is 171 Å². The summed E-state index contributed by atoms with van der Waals surface area (Å²) < 4.78 is 7.20. The fourth-order valence-corrected chi connectivity index (χ4v) is 3.91. The first-order valence-corrected chi connectivity index (χ1v) is 10.4. The highest BCUT2D eigenvalue weighted by Gasteiger charge is 2.22. The third kappa shape index (κ3) is 4.39. The molecule has 5 heteroatoms. The van der Waals surface area contributed by atoms with Crippen molar-refractivity contribution in [2.75, 3.05) is 0 Å². The number of nitrogens with zero attached hydrogens (tertiary/aromatic N) is 3. The zero-order valence-corrected chi connectivity index (χ0v) is 17.0. The van der Waals surface area contributed by atoms with Crippen LogP contribution in [-0.4, -0.2) is 22.0 Å². The first-order chi connectivity index (χ1) is 14.1. The highest BCUT2D eigenvalue weighted by molar-refractivity contribution is 5.80. The second-order valence-corrected chi connectivity index (χ2v) is 7.92. The van der Waals surface area contributed by atoms with Crippen molar-refractivity contribution in [3.05, 3.63) is 70.3 Å². The average Bonchev–Trinajstić information content (AvgIpc) is 2.74. The molecule has 150 valence electrons. The summed E-state index contributed by atoms with van der Waals surface area (Å²) in [4.78, 5) is 18.0. The van der Waals surface area contributed by atoms with Gasteiger partial charge in [-0.3, -0.25) is 4.79 Å². The molecule has 1 heterocycles. The minimum Gasteiger partial charge on any atom is -0.491 e. The monoisotopic (exact) mass is 389 g/mol. The SMILES string of the molecule is CC(C)Oc1ccc(C=Nn2c(C3CCCCC3)nc3ccccc3c2=O)cc1. The van der Waals surface area contributed by atoms with E-state index in [1.54, 1.807) is 6.21 Å². The Morgan fingerprint density at radius 1 is 1.07 bits per heavy atom. The highest BCUT2D eigenvalue weighted by Crippen LogP contribution is 2.31. The van der Waals surface area contributed by atoms with Crippen LogP contribution in [0.5, 0.6) is 5.75 Å². The Morgan fingerprint density at radius 3 is 2.52 bits per heavy atom. The van der Waals surface area contributed by atoms with Crippen LogP contribution in [0.2, 0.25) is 0 Å². The van der Waals surface area contributed by atoms with Gasteiger partial charge < -0.3 is 4.74 Å². The maximum atomic E-state index is 13.2. The predicted molar refractivity (Wildman–Crippen MR) is 117 cm³/mol. The maximum Gasteiger partial charge on any atom is 0.282 e.